The van der Waals surface area contributed by atoms with Gasteiger partial charge in [-0.1, -0.05) is 18.2 Å². The second kappa shape index (κ2) is 12.0. The van der Waals surface area contributed by atoms with Crippen LogP contribution >= 0.6 is 0 Å². The molecule has 2 aromatic carbocycles. The van der Waals surface area contributed by atoms with Crippen LogP contribution < -0.4 is 14.4 Å². The number of rotatable bonds is 7. The zero-order valence-corrected chi connectivity index (χ0v) is 24.5. The Morgan fingerprint density at radius 1 is 0.951 bits per heavy atom. The van der Waals surface area contributed by atoms with E-state index in [1.807, 2.05) is 42.3 Å². The molecule has 3 heterocycles. The summed E-state index contributed by atoms with van der Waals surface area (Å²) in [5, 5.41) is 0. The second-order valence-electron chi connectivity index (χ2n) is 11.4. The van der Waals surface area contributed by atoms with Crippen LogP contribution in [-0.4, -0.2) is 117 Å². The van der Waals surface area contributed by atoms with Gasteiger partial charge >= 0.3 is 0 Å². The second-order valence-corrected chi connectivity index (χ2v) is 11.4. The number of para-hydroxylation sites is 1. The fourth-order valence-electron chi connectivity index (χ4n) is 6.38. The summed E-state index contributed by atoms with van der Waals surface area (Å²) in [4.78, 5) is 50.7. The third kappa shape index (κ3) is 5.70. The van der Waals surface area contributed by atoms with Gasteiger partial charge in [0.05, 0.1) is 20.9 Å². The van der Waals surface area contributed by atoms with E-state index in [1.165, 1.54) is 0 Å². The molecule has 0 saturated carbocycles. The molecule has 41 heavy (non-hydrogen) atoms. The maximum Gasteiger partial charge on any atom is 0.254 e. The monoisotopic (exact) mass is 563 g/mol. The Bertz CT molecular complexity index is 1230. The van der Waals surface area contributed by atoms with Gasteiger partial charge in [0, 0.05) is 43.5 Å². The highest BCUT2D eigenvalue weighted by atomic mass is 16.5. The van der Waals surface area contributed by atoms with Gasteiger partial charge in [0.1, 0.15) is 23.6 Å². The predicted octanol–water partition coefficient (Wildman–Crippen LogP) is 2.54. The van der Waals surface area contributed by atoms with Crippen molar-refractivity contribution >= 4 is 23.4 Å². The van der Waals surface area contributed by atoms with Gasteiger partial charge in [0.2, 0.25) is 5.91 Å². The summed E-state index contributed by atoms with van der Waals surface area (Å²) >= 11 is 0. The van der Waals surface area contributed by atoms with Crippen molar-refractivity contribution in [2.24, 2.45) is 0 Å². The molecule has 1 spiro atoms. The number of hydrogen-bond donors (Lipinski definition) is 0. The third-order valence-corrected chi connectivity index (χ3v) is 9.01. The van der Waals surface area contributed by atoms with E-state index >= 15 is 0 Å². The number of ether oxygens (including phenoxy) is 2. The Morgan fingerprint density at radius 3 is 2.15 bits per heavy atom. The number of likely N-dealkylation sites (tertiary alicyclic amines) is 2. The average Bonchev–Trinajstić information content (AvgIpc) is 3.27. The van der Waals surface area contributed by atoms with Crippen LogP contribution in [0.15, 0.2) is 48.5 Å². The smallest absolute Gasteiger partial charge is 0.254 e. The molecule has 0 aromatic heterocycles. The van der Waals surface area contributed by atoms with Crippen molar-refractivity contribution in [2.45, 2.75) is 37.3 Å². The molecule has 2 aromatic rings. The molecule has 0 N–H and O–H groups in total. The topological polar surface area (TPSA) is 85.9 Å². The molecule has 3 aliphatic heterocycles. The molecule has 5 rings (SSSR count). The standard InChI is InChI=1S/C31H41N5O5/c1-32-14-10-24(11-15-32)33(2)28(37)21-35-22-36(25-8-6-5-7-9-25)31(30(35)39)12-16-34(17-13-31)29(38)23-18-26(40-3)20-27(19-23)41-4/h5-9,18-20,24H,10-17,21-22H2,1-4H3. The fourth-order valence-corrected chi connectivity index (χ4v) is 6.38. The first-order valence-electron chi connectivity index (χ1n) is 14.3. The largest absolute Gasteiger partial charge is 0.497 e. The minimum atomic E-state index is -0.809. The van der Waals surface area contributed by atoms with Gasteiger partial charge in [0.25, 0.3) is 11.8 Å². The highest BCUT2D eigenvalue weighted by Gasteiger charge is 2.54. The molecule has 0 aliphatic carbocycles. The Kier molecular flexibility index (Phi) is 8.40. The molecule has 3 aliphatic rings. The predicted molar refractivity (Wildman–Crippen MR) is 156 cm³/mol. The summed E-state index contributed by atoms with van der Waals surface area (Å²) in [6, 6.07) is 15.2. The van der Waals surface area contributed by atoms with E-state index in [0.717, 1.165) is 31.6 Å². The van der Waals surface area contributed by atoms with Gasteiger partial charge in [-0.2, -0.15) is 0 Å². The van der Waals surface area contributed by atoms with Gasteiger partial charge in [-0.05, 0) is 70.1 Å². The molecule has 3 fully saturated rings. The van der Waals surface area contributed by atoms with Crippen molar-refractivity contribution < 1.29 is 23.9 Å². The zero-order chi connectivity index (χ0) is 29.1. The van der Waals surface area contributed by atoms with Crippen LogP contribution in [0.4, 0.5) is 5.69 Å². The molecular weight excluding hydrogens is 522 g/mol. The minimum Gasteiger partial charge on any atom is -0.497 e. The molecule has 0 bridgehead atoms. The van der Waals surface area contributed by atoms with Crippen LogP contribution in [-0.2, 0) is 9.59 Å². The van der Waals surface area contributed by atoms with Crippen LogP contribution in [0.25, 0.3) is 0 Å². The summed E-state index contributed by atoms with van der Waals surface area (Å²) in [6.07, 6.45) is 2.83. The Labute approximate surface area is 242 Å². The number of benzene rings is 2. The lowest BCUT2D eigenvalue weighted by Crippen LogP contribution is -2.57. The number of likely N-dealkylation sites (N-methyl/N-ethyl adjacent to an activating group) is 1. The minimum absolute atomic E-state index is 0.0300. The molecule has 220 valence electrons. The number of methoxy groups -OCH3 is 2. The lowest BCUT2D eigenvalue weighted by Gasteiger charge is -2.43. The van der Waals surface area contributed by atoms with Gasteiger partial charge in [-0.25, -0.2) is 0 Å². The van der Waals surface area contributed by atoms with E-state index in [0.29, 0.717) is 49.7 Å². The Balaban J connectivity index is 1.32. The molecule has 3 amide bonds. The maximum atomic E-state index is 14.1. The molecular formula is C31H41N5O5. The van der Waals surface area contributed by atoms with Gasteiger partial charge in [-0.3, -0.25) is 14.4 Å². The number of carbonyl (C=O) groups excluding carboxylic acids is 3. The molecule has 3 saturated heterocycles. The van der Waals surface area contributed by atoms with E-state index in [1.54, 1.807) is 42.2 Å². The maximum absolute atomic E-state index is 14.1. The summed E-state index contributed by atoms with van der Waals surface area (Å²) in [5.41, 5.74) is 0.618. The van der Waals surface area contributed by atoms with Crippen molar-refractivity contribution in [3.8, 4) is 11.5 Å². The quantitative estimate of drug-likeness (QED) is 0.512. The Hall–Kier alpha value is -3.79. The van der Waals surface area contributed by atoms with Crippen LogP contribution in [0.3, 0.4) is 0 Å². The van der Waals surface area contributed by atoms with E-state index < -0.39 is 5.54 Å². The highest BCUT2D eigenvalue weighted by Crippen LogP contribution is 2.40. The summed E-state index contributed by atoms with van der Waals surface area (Å²) < 4.78 is 10.7. The highest BCUT2D eigenvalue weighted by molar-refractivity contribution is 5.98. The van der Waals surface area contributed by atoms with Crippen molar-refractivity contribution in [1.82, 2.24) is 19.6 Å². The normalized spacial score (nSPS) is 19.5. The van der Waals surface area contributed by atoms with E-state index in [2.05, 4.69) is 16.8 Å². The third-order valence-electron chi connectivity index (χ3n) is 9.01. The summed E-state index contributed by atoms with van der Waals surface area (Å²) in [5.74, 6) is 0.903. The van der Waals surface area contributed by atoms with E-state index in [9.17, 15) is 14.4 Å². The average molecular weight is 564 g/mol. The first-order valence-corrected chi connectivity index (χ1v) is 14.3. The SMILES string of the molecule is COc1cc(OC)cc(C(=O)N2CCC3(CC2)C(=O)N(CC(=O)N(C)C2CCN(C)CC2)CN3c2ccccc2)c1. The number of anilines is 1. The van der Waals surface area contributed by atoms with Gasteiger partial charge in [-0.15, -0.1) is 0 Å². The molecule has 0 atom stereocenters. The first kappa shape index (κ1) is 28.7. The number of hydrogen-bond acceptors (Lipinski definition) is 7. The van der Waals surface area contributed by atoms with Crippen LogP contribution in [0.5, 0.6) is 11.5 Å². The molecule has 10 heteroatoms. The molecule has 0 radical (unpaired) electrons. The lowest BCUT2D eigenvalue weighted by atomic mass is 9.85. The van der Waals surface area contributed by atoms with Crippen LogP contribution in [0.1, 0.15) is 36.0 Å². The lowest BCUT2D eigenvalue weighted by molar-refractivity contribution is -0.141. The van der Waals surface area contributed by atoms with Crippen molar-refractivity contribution in [1.29, 1.82) is 0 Å². The Morgan fingerprint density at radius 2 is 1.56 bits per heavy atom. The number of amides is 3. The summed E-state index contributed by atoms with van der Waals surface area (Å²) in [6.45, 7) is 3.17. The van der Waals surface area contributed by atoms with Crippen molar-refractivity contribution in [3.63, 3.8) is 0 Å². The van der Waals surface area contributed by atoms with Gasteiger partial charge in [0.15, 0.2) is 0 Å². The first-order chi connectivity index (χ1) is 19.8. The zero-order valence-electron chi connectivity index (χ0n) is 24.5. The van der Waals surface area contributed by atoms with Crippen LogP contribution in [0.2, 0.25) is 0 Å². The van der Waals surface area contributed by atoms with E-state index in [-0.39, 0.29) is 30.3 Å². The van der Waals surface area contributed by atoms with E-state index in [4.69, 9.17) is 9.47 Å². The number of piperidine rings is 2. The fraction of sp³-hybridized carbons (Fsp3) is 0.516. The van der Waals surface area contributed by atoms with Gasteiger partial charge < -0.3 is 34.0 Å². The van der Waals surface area contributed by atoms with Crippen molar-refractivity contribution in [3.05, 3.63) is 54.1 Å². The molecule has 0 unspecified atom stereocenters. The number of nitrogens with zero attached hydrogens (tertiary/aromatic N) is 5. The van der Waals surface area contributed by atoms with Crippen LogP contribution in [0, 0.1) is 0 Å². The number of carbonyl (C=O) groups is 3. The summed E-state index contributed by atoms with van der Waals surface area (Å²) in [7, 11) is 7.07. The van der Waals surface area contributed by atoms with Crippen molar-refractivity contribution in [2.75, 3.05) is 72.6 Å². The molecule has 10 nitrogen and oxygen atoms in total.